The van der Waals surface area contributed by atoms with Gasteiger partial charge in [-0.15, -0.1) is 0 Å². The summed E-state index contributed by atoms with van der Waals surface area (Å²) in [5.74, 6) is 3.38. The minimum absolute atomic E-state index is 0.0229. The van der Waals surface area contributed by atoms with Crippen LogP contribution in [0.3, 0.4) is 0 Å². The molecule has 5 unspecified atom stereocenters. The summed E-state index contributed by atoms with van der Waals surface area (Å²) in [4.78, 5) is 2.63. The van der Waals surface area contributed by atoms with Gasteiger partial charge >= 0.3 is 0 Å². The van der Waals surface area contributed by atoms with Crippen molar-refractivity contribution in [3.63, 3.8) is 0 Å². The van der Waals surface area contributed by atoms with E-state index >= 15 is 0 Å². The monoisotopic (exact) mass is 739 g/mol. The lowest BCUT2D eigenvalue weighted by Gasteiger charge is -2.53. The molecule has 8 aliphatic carbocycles. The van der Waals surface area contributed by atoms with Crippen molar-refractivity contribution in [1.29, 1.82) is 0 Å². The van der Waals surface area contributed by atoms with Gasteiger partial charge < -0.3 is 4.90 Å². The first kappa shape index (κ1) is 33.1. The van der Waals surface area contributed by atoms with Crippen LogP contribution in [-0.4, -0.2) is 0 Å². The largest absolute Gasteiger partial charge is 0.310 e. The van der Waals surface area contributed by atoms with Gasteiger partial charge in [-0.05, 0) is 172 Å². The van der Waals surface area contributed by atoms with Gasteiger partial charge in [-0.1, -0.05) is 131 Å². The smallest absolute Gasteiger partial charge is 0.0468 e. The molecule has 1 nitrogen and oxygen atoms in total. The summed E-state index contributed by atoms with van der Waals surface area (Å²) in [6, 6.07) is 50.8. The third kappa shape index (κ3) is 4.26. The van der Waals surface area contributed by atoms with E-state index in [0.29, 0.717) is 0 Å². The summed E-state index contributed by atoms with van der Waals surface area (Å²) in [6.07, 6.45) is 15.0. The van der Waals surface area contributed by atoms with Gasteiger partial charge in [-0.2, -0.15) is 0 Å². The van der Waals surface area contributed by atoms with Crippen LogP contribution in [0.5, 0.6) is 0 Å². The Labute approximate surface area is 339 Å². The second-order valence-corrected chi connectivity index (χ2v) is 19.9. The van der Waals surface area contributed by atoms with E-state index in [1.807, 2.05) is 0 Å². The van der Waals surface area contributed by atoms with Crippen LogP contribution in [0.25, 0.3) is 33.4 Å². The first-order valence-electron chi connectivity index (χ1n) is 22.5. The molecule has 0 saturated heterocycles. The molecular formula is C56H53N. The molecule has 5 fully saturated rings. The summed E-state index contributed by atoms with van der Waals surface area (Å²) in [6.45, 7) is 4.80. The molecule has 4 bridgehead atoms. The number of rotatable bonds is 3. The molecule has 0 aromatic heterocycles. The fraction of sp³-hybridized carbons (Fsp3) is 0.357. The summed E-state index contributed by atoms with van der Waals surface area (Å²) in [5, 5.41) is 0. The molecule has 0 amide bonds. The summed E-state index contributed by atoms with van der Waals surface area (Å²) in [7, 11) is 0. The van der Waals surface area contributed by atoms with Crippen LogP contribution in [0, 0.1) is 23.7 Å². The molecular weight excluding hydrogens is 687 g/mol. The molecule has 2 spiro atoms. The first-order valence-corrected chi connectivity index (χ1v) is 22.5. The molecule has 0 N–H and O–H groups in total. The van der Waals surface area contributed by atoms with Gasteiger partial charge in [0.25, 0.3) is 0 Å². The Morgan fingerprint density at radius 2 is 0.947 bits per heavy atom. The normalized spacial score (nSPS) is 27.1. The number of benzene rings is 6. The molecule has 5 saturated carbocycles. The highest BCUT2D eigenvalue weighted by Crippen LogP contribution is 2.68. The molecule has 0 radical (unpaired) electrons. The minimum atomic E-state index is -0.0229. The molecule has 0 aliphatic heterocycles. The predicted octanol–water partition coefficient (Wildman–Crippen LogP) is 14.8. The van der Waals surface area contributed by atoms with Crippen molar-refractivity contribution in [2.45, 2.75) is 101 Å². The van der Waals surface area contributed by atoms with E-state index in [0.717, 1.165) is 23.7 Å². The van der Waals surface area contributed by atoms with Crippen molar-refractivity contribution >= 4 is 17.1 Å². The van der Waals surface area contributed by atoms with Gasteiger partial charge in [0.05, 0.1) is 0 Å². The highest BCUT2D eigenvalue weighted by Gasteiger charge is 2.59. The molecule has 6 aromatic carbocycles. The van der Waals surface area contributed by atoms with Gasteiger partial charge in [-0.3, -0.25) is 0 Å². The molecule has 1 heteroatoms. The van der Waals surface area contributed by atoms with Crippen LogP contribution >= 0.6 is 0 Å². The molecule has 282 valence electrons. The number of anilines is 3. The first-order chi connectivity index (χ1) is 27.9. The highest BCUT2D eigenvalue weighted by atomic mass is 15.1. The minimum Gasteiger partial charge on any atom is -0.310 e. The average Bonchev–Trinajstić information content (AvgIpc) is 3.69. The number of fused-ring (bicyclic) bond motifs is 12. The fourth-order valence-corrected chi connectivity index (χ4v) is 15.0. The van der Waals surface area contributed by atoms with Crippen molar-refractivity contribution in [2.75, 3.05) is 4.90 Å². The van der Waals surface area contributed by atoms with Crippen LogP contribution in [0.2, 0.25) is 0 Å². The highest BCUT2D eigenvalue weighted by molar-refractivity contribution is 5.91. The van der Waals surface area contributed by atoms with E-state index in [2.05, 4.69) is 146 Å². The zero-order chi connectivity index (χ0) is 37.7. The summed E-state index contributed by atoms with van der Waals surface area (Å²) in [5.41, 5.74) is 22.0. The van der Waals surface area contributed by atoms with Crippen molar-refractivity contribution in [1.82, 2.24) is 0 Å². The van der Waals surface area contributed by atoms with Crippen molar-refractivity contribution in [3.8, 4) is 33.4 Å². The Morgan fingerprint density at radius 3 is 1.72 bits per heavy atom. The van der Waals surface area contributed by atoms with Gasteiger partial charge in [0.15, 0.2) is 0 Å². The fourth-order valence-electron chi connectivity index (χ4n) is 15.0. The van der Waals surface area contributed by atoms with Gasteiger partial charge in [0.1, 0.15) is 0 Å². The van der Waals surface area contributed by atoms with Crippen LogP contribution in [0.4, 0.5) is 17.1 Å². The lowest BCUT2D eigenvalue weighted by atomic mass is 9.51. The molecule has 5 atom stereocenters. The van der Waals surface area contributed by atoms with E-state index < -0.39 is 0 Å². The lowest BCUT2D eigenvalue weighted by molar-refractivity contribution is 0.0618. The molecule has 14 rings (SSSR count). The molecule has 8 aliphatic rings. The van der Waals surface area contributed by atoms with Gasteiger partial charge in [-0.25, -0.2) is 0 Å². The summed E-state index contributed by atoms with van der Waals surface area (Å²) >= 11 is 0. The van der Waals surface area contributed by atoms with E-state index in [1.54, 1.807) is 22.3 Å². The molecule has 6 aromatic rings. The number of hydrogen-bond acceptors (Lipinski definition) is 1. The van der Waals surface area contributed by atoms with Gasteiger partial charge in [0, 0.05) is 33.3 Å². The Bertz CT molecular complexity index is 2640. The summed E-state index contributed by atoms with van der Waals surface area (Å²) < 4.78 is 0. The van der Waals surface area contributed by atoms with Crippen LogP contribution in [0.1, 0.15) is 118 Å². The Balaban J connectivity index is 1.03. The third-order valence-electron chi connectivity index (χ3n) is 17.1. The maximum Gasteiger partial charge on any atom is 0.0468 e. The maximum absolute atomic E-state index is 2.63. The Hall–Kier alpha value is -4.88. The second-order valence-electron chi connectivity index (χ2n) is 19.9. The van der Waals surface area contributed by atoms with E-state index in [-0.39, 0.29) is 16.2 Å². The maximum atomic E-state index is 2.63. The second kappa shape index (κ2) is 11.6. The van der Waals surface area contributed by atoms with Gasteiger partial charge in [0.2, 0.25) is 0 Å². The van der Waals surface area contributed by atoms with E-state index in [9.17, 15) is 0 Å². The van der Waals surface area contributed by atoms with E-state index in [4.69, 9.17) is 0 Å². The number of nitrogens with zero attached hydrogens (tertiary/aromatic N) is 1. The zero-order valence-corrected chi connectivity index (χ0v) is 33.7. The predicted molar refractivity (Wildman–Crippen MR) is 236 cm³/mol. The standard InChI is InChI=1S/C56H53N/c1-54(2)48-15-7-4-13-43(48)46-32-39(21-24-49(46)54)57(41-20-23-45-42-12-5-8-16-50(42)55(53(45)34-41)26-10-3-11-27-55)40-22-25-52-47(33-40)44-14-6-9-17-51(44)56(52)37-19-18-35-28-36(30-37)31-38(56)29-35/h4-9,12-17,20-25,32-38H,3,10-11,18-19,26-31H2,1-2H3. The zero-order valence-electron chi connectivity index (χ0n) is 33.7. The Morgan fingerprint density at radius 1 is 0.421 bits per heavy atom. The number of hydrogen-bond donors (Lipinski definition) is 0. The topological polar surface area (TPSA) is 3.24 Å². The lowest BCUT2D eigenvalue weighted by Crippen LogP contribution is -2.48. The van der Waals surface area contributed by atoms with Crippen LogP contribution in [-0.2, 0) is 16.2 Å². The van der Waals surface area contributed by atoms with E-state index in [1.165, 1.54) is 132 Å². The SMILES string of the molecule is CC1(C)c2ccccc2-c2cc(N(c3ccc4c(c3)-c3ccccc3C43C4CCC5CC(C4)CC3C5)c3ccc4c(c3)C3(CCCCC3)c3ccccc3-4)ccc21. The van der Waals surface area contributed by atoms with Crippen LogP contribution < -0.4 is 4.90 Å². The average molecular weight is 740 g/mol. The van der Waals surface area contributed by atoms with Crippen LogP contribution in [0.15, 0.2) is 127 Å². The molecule has 57 heavy (non-hydrogen) atoms. The van der Waals surface area contributed by atoms with Crippen molar-refractivity contribution in [3.05, 3.63) is 161 Å². The third-order valence-corrected chi connectivity index (χ3v) is 17.1. The van der Waals surface area contributed by atoms with Crippen molar-refractivity contribution in [2.24, 2.45) is 23.7 Å². The quantitative estimate of drug-likeness (QED) is 0.175. The van der Waals surface area contributed by atoms with Crippen molar-refractivity contribution < 1.29 is 0 Å². The molecule has 0 heterocycles. The Kier molecular flexibility index (Phi) is 6.75.